The third-order valence-corrected chi connectivity index (χ3v) is 3.67. The van der Waals surface area contributed by atoms with Crippen LogP contribution in [0.1, 0.15) is 28.5 Å². The smallest absolute Gasteiger partial charge is 0.126 e. The summed E-state index contributed by atoms with van der Waals surface area (Å²) in [4.78, 5) is 4.44. The molecule has 0 radical (unpaired) electrons. The number of rotatable bonds is 2. The number of benzene rings is 2. The molecule has 1 atom stereocenters. The molecule has 0 spiro atoms. The fourth-order valence-corrected chi connectivity index (χ4v) is 2.45. The summed E-state index contributed by atoms with van der Waals surface area (Å²) in [5, 5.41) is 11.5. The molecule has 1 aromatic heterocycles. The quantitative estimate of drug-likeness (QED) is 0.768. The number of pyridine rings is 1. The molecule has 0 saturated heterocycles. The van der Waals surface area contributed by atoms with Crippen molar-refractivity contribution in [2.24, 2.45) is 0 Å². The van der Waals surface area contributed by atoms with Crippen molar-refractivity contribution < 1.29 is 9.50 Å². The number of aliphatic hydroxyl groups is 1. The molecule has 1 unspecified atom stereocenters. The Balaban J connectivity index is 2.02. The molecule has 3 rings (SSSR count). The average Bonchev–Trinajstić information content (AvgIpc) is 2.49. The lowest BCUT2D eigenvalue weighted by Gasteiger charge is -2.13. The Hall–Kier alpha value is -2.26. The molecule has 3 heteroatoms. The van der Waals surface area contributed by atoms with Crippen molar-refractivity contribution >= 4 is 10.9 Å². The molecule has 106 valence electrons. The number of aliphatic hydroxyl groups excluding tert-OH is 1. The van der Waals surface area contributed by atoms with Crippen molar-refractivity contribution in [2.45, 2.75) is 20.0 Å². The van der Waals surface area contributed by atoms with E-state index in [4.69, 9.17) is 0 Å². The number of hydrogen-bond acceptors (Lipinski definition) is 2. The van der Waals surface area contributed by atoms with Crippen LogP contribution in [-0.4, -0.2) is 10.1 Å². The molecular weight excluding hydrogens is 265 g/mol. The van der Waals surface area contributed by atoms with Crippen LogP contribution in [0.3, 0.4) is 0 Å². The summed E-state index contributed by atoms with van der Waals surface area (Å²) in [6.07, 6.45) is -0.769. The number of aryl methyl sites for hydroxylation is 2. The van der Waals surface area contributed by atoms with Crippen molar-refractivity contribution in [3.05, 3.63) is 76.7 Å². The summed E-state index contributed by atoms with van der Waals surface area (Å²) >= 11 is 0. The second kappa shape index (κ2) is 5.26. The molecule has 21 heavy (non-hydrogen) atoms. The zero-order valence-electron chi connectivity index (χ0n) is 12.0. The maximum Gasteiger partial charge on any atom is 0.126 e. The maximum atomic E-state index is 13.3. The minimum absolute atomic E-state index is 0.260. The second-order valence-electron chi connectivity index (χ2n) is 5.32. The number of hydrogen-bond donors (Lipinski definition) is 1. The van der Waals surface area contributed by atoms with Crippen molar-refractivity contribution in [1.29, 1.82) is 0 Å². The van der Waals surface area contributed by atoms with Gasteiger partial charge in [-0.3, -0.25) is 4.98 Å². The van der Waals surface area contributed by atoms with E-state index in [0.29, 0.717) is 11.1 Å². The van der Waals surface area contributed by atoms with Gasteiger partial charge < -0.3 is 5.11 Å². The molecule has 3 aromatic rings. The first-order valence-electron chi connectivity index (χ1n) is 6.86. The van der Waals surface area contributed by atoms with E-state index in [9.17, 15) is 9.50 Å². The first kappa shape index (κ1) is 13.7. The van der Waals surface area contributed by atoms with Gasteiger partial charge in [-0.2, -0.15) is 0 Å². The van der Waals surface area contributed by atoms with E-state index in [1.807, 2.05) is 37.3 Å². The first-order chi connectivity index (χ1) is 10.0. The van der Waals surface area contributed by atoms with Gasteiger partial charge in [0.2, 0.25) is 0 Å². The molecule has 1 N–H and O–H groups in total. The van der Waals surface area contributed by atoms with Crippen LogP contribution in [-0.2, 0) is 0 Å². The number of halogens is 1. The van der Waals surface area contributed by atoms with Crippen LogP contribution < -0.4 is 0 Å². The van der Waals surface area contributed by atoms with Crippen molar-refractivity contribution in [1.82, 2.24) is 4.98 Å². The summed E-state index contributed by atoms with van der Waals surface area (Å²) in [5.41, 5.74) is 3.86. The third kappa shape index (κ3) is 2.65. The molecule has 0 bridgehead atoms. The Kier molecular flexibility index (Phi) is 3.43. The summed E-state index contributed by atoms with van der Waals surface area (Å²) < 4.78 is 13.3. The van der Waals surface area contributed by atoms with E-state index in [1.165, 1.54) is 6.07 Å². The Labute approximate surface area is 122 Å². The highest BCUT2D eigenvalue weighted by Crippen LogP contribution is 2.26. The Bertz CT molecular complexity index is 813. The number of aromatic nitrogens is 1. The molecule has 2 nitrogen and oxygen atoms in total. The normalized spacial score (nSPS) is 12.6. The molecule has 0 saturated carbocycles. The Morgan fingerprint density at radius 2 is 1.67 bits per heavy atom. The SMILES string of the molecule is Cc1ccc2cc(C(O)c3ccc(F)c(C)c3)ccc2n1. The van der Waals surface area contributed by atoms with Crippen LogP contribution in [0.4, 0.5) is 4.39 Å². The lowest BCUT2D eigenvalue weighted by atomic mass is 9.98. The summed E-state index contributed by atoms with van der Waals surface area (Å²) in [6, 6.07) is 14.3. The van der Waals surface area contributed by atoms with Gasteiger partial charge in [0.1, 0.15) is 11.9 Å². The fourth-order valence-electron chi connectivity index (χ4n) is 2.45. The van der Waals surface area contributed by atoms with Gasteiger partial charge in [-0.15, -0.1) is 0 Å². The highest BCUT2D eigenvalue weighted by atomic mass is 19.1. The van der Waals surface area contributed by atoms with Crippen LogP contribution in [0.5, 0.6) is 0 Å². The standard InChI is InChI=1S/C18H16FNO/c1-11-9-14(5-7-16(11)19)18(21)15-6-8-17-13(10-15)4-3-12(2)20-17/h3-10,18,21H,1-2H3. The Morgan fingerprint density at radius 1 is 0.952 bits per heavy atom. The molecule has 0 amide bonds. The molecule has 0 aliphatic heterocycles. The van der Waals surface area contributed by atoms with Crippen LogP contribution in [0.15, 0.2) is 48.5 Å². The largest absolute Gasteiger partial charge is 0.384 e. The minimum atomic E-state index is -0.769. The van der Waals surface area contributed by atoms with Crippen molar-refractivity contribution in [3.63, 3.8) is 0 Å². The van der Waals surface area contributed by atoms with Crippen LogP contribution in [0, 0.1) is 19.7 Å². The Morgan fingerprint density at radius 3 is 2.43 bits per heavy atom. The highest BCUT2D eigenvalue weighted by Gasteiger charge is 2.12. The van der Waals surface area contributed by atoms with Crippen molar-refractivity contribution in [2.75, 3.05) is 0 Å². The molecule has 2 aromatic carbocycles. The van der Waals surface area contributed by atoms with Gasteiger partial charge in [0.05, 0.1) is 5.52 Å². The van der Waals surface area contributed by atoms with Gasteiger partial charge in [-0.25, -0.2) is 4.39 Å². The van der Waals surface area contributed by atoms with E-state index in [0.717, 1.165) is 22.2 Å². The monoisotopic (exact) mass is 281 g/mol. The van der Waals surface area contributed by atoms with Gasteiger partial charge in [0.25, 0.3) is 0 Å². The van der Waals surface area contributed by atoms with Gasteiger partial charge >= 0.3 is 0 Å². The lowest BCUT2D eigenvalue weighted by molar-refractivity contribution is 0.220. The van der Waals surface area contributed by atoms with E-state index in [2.05, 4.69) is 4.98 Å². The van der Waals surface area contributed by atoms with Crippen LogP contribution >= 0.6 is 0 Å². The molecule has 0 aliphatic carbocycles. The van der Waals surface area contributed by atoms with Gasteiger partial charge in [-0.1, -0.05) is 24.3 Å². The van der Waals surface area contributed by atoms with E-state index < -0.39 is 6.10 Å². The molecule has 0 aliphatic rings. The highest BCUT2D eigenvalue weighted by molar-refractivity contribution is 5.79. The number of nitrogens with zero attached hydrogens (tertiary/aromatic N) is 1. The maximum absolute atomic E-state index is 13.3. The number of fused-ring (bicyclic) bond motifs is 1. The van der Waals surface area contributed by atoms with Crippen LogP contribution in [0.2, 0.25) is 0 Å². The predicted molar refractivity (Wildman–Crippen MR) is 81.7 cm³/mol. The van der Waals surface area contributed by atoms with Crippen LogP contribution in [0.25, 0.3) is 10.9 Å². The molecular formula is C18H16FNO. The van der Waals surface area contributed by atoms with E-state index in [1.54, 1.807) is 19.1 Å². The summed E-state index contributed by atoms with van der Waals surface area (Å²) in [5.74, 6) is -0.260. The molecule has 1 heterocycles. The van der Waals surface area contributed by atoms with Gasteiger partial charge in [0.15, 0.2) is 0 Å². The summed E-state index contributed by atoms with van der Waals surface area (Å²) in [6.45, 7) is 3.64. The minimum Gasteiger partial charge on any atom is -0.384 e. The summed E-state index contributed by atoms with van der Waals surface area (Å²) in [7, 11) is 0. The topological polar surface area (TPSA) is 33.1 Å². The van der Waals surface area contributed by atoms with Crippen molar-refractivity contribution in [3.8, 4) is 0 Å². The van der Waals surface area contributed by atoms with E-state index in [-0.39, 0.29) is 5.82 Å². The van der Waals surface area contributed by atoms with Gasteiger partial charge in [0, 0.05) is 11.1 Å². The zero-order valence-corrected chi connectivity index (χ0v) is 12.0. The molecule has 0 fully saturated rings. The zero-order chi connectivity index (χ0) is 15.0. The first-order valence-corrected chi connectivity index (χ1v) is 6.86. The van der Waals surface area contributed by atoms with E-state index >= 15 is 0 Å². The predicted octanol–water partition coefficient (Wildman–Crippen LogP) is 4.07. The second-order valence-corrected chi connectivity index (χ2v) is 5.32. The fraction of sp³-hybridized carbons (Fsp3) is 0.167. The average molecular weight is 281 g/mol. The lowest BCUT2D eigenvalue weighted by Crippen LogP contribution is -2.01. The van der Waals surface area contributed by atoms with Gasteiger partial charge in [-0.05, 0) is 54.8 Å². The third-order valence-electron chi connectivity index (χ3n) is 3.67.